The van der Waals surface area contributed by atoms with Crippen LogP contribution in [0.15, 0.2) is 30.5 Å². The summed E-state index contributed by atoms with van der Waals surface area (Å²) in [6.45, 7) is 7.27. The fraction of sp³-hybridized carbons (Fsp3) is 0.476. The van der Waals surface area contributed by atoms with E-state index in [1.807, 2.05) is 6.92 Å². The Hall–Kier alpha value is -2.87. The number of esters is 1. The molecule has 2 rings (SSSR count). The Morgan fingerprint density at radius 2 is 1.93 bits per heavy atom. The molecule has 0 bridgehead atoms. The van der Waals surface area contributed by atoms with E-state index < -0.39 is 5.97 Å². The molecule has 0 aliphatic carbocycles. The molecule has 1 aromatic rings. The van der Waals surface area contributed by atoms with Crippen LogP contribution in [0.5, 0.6) is 11.5 Å². The summed E-state index contributed by atoms with van der Waals surface area (Å²) in [6, 6.07) is 4.57. The van der Waals surface area contributed by atoms with Gasteiger partial charge in [0.15, 0.2) is 12.4 Å². The van der Waals surface area contributed by atoms with Gasteiger partial charge in [-0.15, -0.1) is 0 Å². The molecule has 8 heteroatoms. The molecule has 0 atom stereocenters. The topological polar surface area (TPSA) is 103 Å². The zero-order valence-corrected chi connectivity index (χ0v) is 16.8. The average molecular weight is 404 g/mol. The fourth-order valence-corrected chi connectivity index (χ4v) is 2.69. The van der Waals surface area contributed by atoms with Crippen LogP contribution in [-0.2, 0) is 14.3 Å². The van der Waals surface area contributed by atoms with Crippen LogP contribution in [0.1, 0.15) is 49.4 Å². The first-order valence-corrected chi connectivity index (χ1v) is 9.72. The van der Waals surface area contributed by atoms with Crippen molar-refractivity contribution in [2.75, 3.05) is 26.4 Å². The first-order valence-electron chi connectivity index (χ1n) is 9.72. The molecule has 2 N–H and O–H groups in total. The number of hydrogen-bond donors (Lipinski definition) is 2. The summed E-state index contributed by atoms with van der Waals surface area (Å²) in [4.78, 5) is 34.9. The van der Waals surface area contributed by atoms with Gasteiger partial charge in [0.1, 0.15) is 24.7 Å². The van der Waals surface area contributed by atoms with Gasteiger partial charge in [0.05, 0.1) is 11.3 Å². The standard InChI is InChI=1S/C21H28N2O6/c1-15(2)28-14-22-9-5-3-4-6-10-23-20(25)13-27-16-7-8-17-18(24)12-21(26)29-19(17)11-16/h7-8,11,22H,1,3-6,9-10,12-14H2,2H3,(H,23,25). The SMILES string of the molecule is C=C(C)OCNCCCCCCNC(=O)COc1ccc2c(c1)OC(=O)CC2=O. The maximum atomic E-state index is 11.9. The van der Waals surface area contributed by atoms with Crippen LogP contribution in [-0.4, -0.2) is 44.1 Å². The molecular weight excluding hydrogens is 376 g/mol. The summed E-state index contributed by atoms with van der Waals surface area (Å²) in [5.41, 5.74) is 0.347. The molecule has 0 radical (unpaired) electrons. The Kier molecular flexibility index (Phi) is 9.17. The molecule has 0 spiro atoms. The monoisotopic (exact) mass is 404 g/mol. The molecule has 1 heterocycles. The molecule has 1 aliphatic rings. The number of carbonyl (C=O) groups excluding carboxylic acids is 3. The molecule has 1 aromatic carbocycles. The van der Waals surface area contributed by atoms with Gasteiger partial charge in [0.25, 0.3) is 5.91 Å². The van der Waals surface area contributed by atoms with Crippen molar-refractivity contribution in [3.8, 4) is 11.5 Å². The van der Waals surface area contributed by atoms with E-state index in [0.717, 1.165) is 32.2 Å². The fourth-order valence-electron chi connectivity index (χ4n) is 2.69. The minimum absolute atomic E-state index is 0.146. The molecule has 158 valence electrons. The molecule has 8 nitrogen and oxygen atoms in total. The molecule has 0 saturated carbocycles. The van der Waals surface area contributed by atoms with Crippen molar-refractivity contribution in [3.05, 3.63) is 36.1 Å². The Morgan fingerprint density at radius 3 is 2.69 bits per heavy atom. The summed E-state index contributed by atoms with van der Waals surface area (Å²) in [5, 5.41) is 5.97. The number of benzene rings is 1. The lowest BCUT2D eigenvalue weighted by molar-refractivity contribution is -0.134. The van der Waals surface area contributed by atoms with Crippen molar-refractivity contribution in [2.24, 2.45) is 0 Å². The molecule has 1 aliphatic heterocycles. The average Bonchev–Trinajstić information content (AvgIpc) is 2.67. The number of allylic oxidation sites excluding steroid dienone is 1. The van der Waals surface area contributed by atoms with Crippen molar-refractivity contribution < 1.29 is 28.6 Å². The van der Waals surface area contributed by atoms with E-state index in [0.29, 0.717) is 30.3 Å². The van der Waals surface area contributed by atoms with Gasteiger partial charge in [0.2, 0.25) is 0 Å². The number of carbonyl (C=O) groups is 3. The van der Waals surface area contributed by atoms with Gasteiger partial charge in [-0.1, -0.05) is 19.4 Å². The Balaban J connectivity index is 1.54. The molecular formula is C21H28N2O6. The van der Waals surface area contributed by atoms with Crippen LogP contribution in [0.3, 0.4) is 0 Å². The first kappa shape index (κ1) is 22.4. The number of amides is 1. The highest BCUT2D eigenvalue weighted by Crippen LogP contribution is 2.29. The zero-order chi connectivity index (χ0) is 21.1. The van der Waals surface area contributed by atoms with Crippen LogP contribution >= 0.6 is 0 Å². The van der Waals surface area contributed by atoms with E-state index in [-0.39, 0.29) is 30.5 Å². The molecule has 0 fully saturated rings. The van der Waals surface area contributed by atoms with Gasteiger partial charge in [0, 0.05) is 12.6 Å². The molecule has 1 amide bonds. The highest BCUT2D eigenvalue weighted by Gasteiger charge is 2.25. The van der Waals surface area contributed by atoms with Crippen molar-refractivity contribution in [1.82, 2.24) is 10.6 Å². The lowest BCUT2D eigenvalue weighted by Gasteiger charge is -2.15. The highest BCUT2D eigenvalue weighted by molar-refractivity contribution is 6.11. The largest absolute Gasteiger partial charge is 0.484 e. The van der Waals surface area contributed by atoms with Crippen molar-refractivity contribution in [1.29, 1.82) is 0 Å². The summed E-state index contributed by atoms with van der Waals surface area (Å²) < 4.78 is 15.7. The molecule has 29 heavy (non-hydrogen) atoms. The molecule has 0 unspecified atom stereocenters. The quantitative estimate of drug-likeness (QED) is 0.130. The van der Waals surface area contributed by atoms with Crippen molar-refractivity contribution >= 4 is 17.7 Å². The summed E-state index contributed by atoms with van der Waals surface area (Å²) >= 11 is 0. The predicted molar refractivity (Wildman–Crippen MR) is 107 cm³/mol. The number of Topliss-reactive ketones (excluding diaryl/α,β-unsaturated/α-hetero) is 1. The van der Waals surface area contributed by atoms with Crippen LogP contribution in [0, 0.1) is 0 Å². The molecule has 0 aromatic heterocycles. The smallest absolute Gasteiger partial charge is 0.319 e. The van der Waals surface area contributed by atoms with Gasteiger partial charge >= 0.3 is 5.97 Å². The van der Waals surface area contributed by atoms with Crippen molar-refractivity contribution in [3.63, 3.8) is 0 Å². The van der Waals surface area contributed by atoms with Gasteiger partial charge in [-0.3, -0.25) is 19.7 Å². The van der Waals surface area contributed by atoms with E-state index in [1.54, 1.807) is 6.07 Å². The predicted octanol–water partition coefficient (Wildman–Crippen LogP) is 2.33. The Labute approximate surface area is 170 Å². The molecule has 0 saturated heterocycles. The van der Waals surface area contributed by atoms with E-state index in [9.17, 15) is 14.4 Å². The van der Waals surface area contributed by atoms with Gasteiger partial charge in [-0.05, 0) is 38.4 Å². The maximum absolute atomic E-state index is 11.9. The first-order chi connectivity index (χ1) is 14.0. The highest BCUT2D eigenvalue weighted by atomic mass is 16.5. The van der Waals surface area contributed by atoms with Crippen molar-refractivity contribution in [2.45, 2.75) is 39.0 Å². The number of fused-ring (bicyclic) bond motifs is 1. The second kappa shape index (κ2) is 11.9. The number of hydrogen-bond acceptors (Lipinski definition) is 7. The van der Waals surface area contributed by atoms with Gasteiger partial charge in [-0.25, -0.2) is 0 Å². The van der Waals surface area contributed by atoms with Crippen LogP contribution < -0.4 is 20.1 Å². The van der Waals surface area contributed by atoms with E-state index in [1.165, 1.54) is 12.1 Å². The normalized spacial score (nSPS) is 12.7. The van der Waals surface area contributed by atoms with Crippen LogP contribution in [0.4, 0.5) is 0 Å². The number of unbranched alkanes of at least 4 members (excludes halogenated alkanes) is 3. The Bertz CT molecular complexity index is 747. The minimum atomic E-state index is -0.589. The number of nitrogens with one attached hydrogen (secondary N) is 2. The van der Waals surface area contributed by atoms with E-state index in [2.05, 4.69) is 17.2 Å². The number of ether oxygens (including phenoxy) is 3. The van der Waals surface area contributed by atoms with Crippen LogP contribution in [0.25, 0.3) is 0 Å². The third-order valence-corrected chi connectivity index (χ3v) is 4.18. The summed E-state index contributed by atoms with van der Waals surface area (Å²) in [6.07, 6.45) is 3.77. The third-order valence-electron chi connectivity index (χ3n) is 4.18. The second-order valence-corrected chi connectivity index (χ2v) is 6.78. The summed E-state index contributed by atoms with van der Waals surface area (Å²) in [5.74, 6) is 0.135. The Morgan fingerprint density at radius 1 is 1.17 bits per heavy atom. The third kappa shape index (κ3) is 8.35. The minimum Gasteiger partial charge on any atom is -0.484 e. The lowest BCUT2D eigenvalue weighted by Crippen LogP contribution is -2.29. The zero-order valence-electron chi connectivity index (χ0n) is 16.8. The number of rotatable bonds is 13. The second-order valence-electron chi connectivity index (χ2n) is 6.78. The lowest BCUT2D eigenvalue weighted by atomic mass is 10.0. The van der Waals surface area contributed by atoms with E-state index >= 15 is 0 Å². The van der Waals surface area contributed by atoms with Gasteiger partial charge in [-0.2, -0.15) is 0 Å². The van der Waals surface area contributed by atoms with Gasteiger partial charge < -0.3 is 19.5 Å². The maximum Gasteiger partial charge on any atom is 0.319 e. The van der Waals surface area contributed by atoms with E-state index in [4.69, 9.17) is 14.2 Å². The summed E-state index contributed by atoms with van der Waals surface area (Å²) in [7, 11) is 0. The van der Waals surface area contributed by atoms with Crippen LogP contribution in [0.2, 0.25) is 0 Å². The number of ketones is 1.